The molecule has 0 saturated heterocycles. The molecule has 0 unspecified atom stereocenters. The summed E-state index contributed by atoms with van der Waals surface area (Å²) < 4.78 is 19.2. The van der Waals surface area contributed by atoms with Crippen molar-refractivity contribution in [3.05, 3.63) is 64.5 Å². The Hall–Kier alpha value is -3.15. The first kappa shape index (κ1) is 17.0. The van der Waals surface area contributed by atoms with E-state index in [1.165, 1.54) is 29.4 Å². The predicted molar refractivity (Wildman–Crippen MR) is 105 cm³/mol. The van der Waals surface area contributed by atoms with E-state index in [0.717, 1.165) is 49.7 Å². The van der Waals surface area contributed by atoms with Gasteiger partial charge in [-0.1, -0.05) is 6.07 Å². The van der Waals surface area contributed by atoms with Gasteiger partial charge >= 0.3 is 0 Å². The molecular formula is C22H20FN3O2. The quantitative estimate of drug-likeness (QED) is 0.709. The highest BCUT2D eigenvalue weighted by molar-refractivity contribution is 6.05. The lowest BCUT2D eigenvalue weighted by molar-refractivity contribution is 0.102. The van der Waals surface area contributed by atoms with Crippen molar-refractivity contribution < 1.29 is 13.6 Å². The zero-order chi connectivity index (χ0) is 19.3. The van der Waals surface area contributed by atoms with Crippen molar-refractivity contribution in [2.45, 2.75) is 25.7 Å². The largest absolute Gasteiger partial charge is 0.438 e. The SMILES string of the molecule is N=c1oc2c3c4c(cc2cc1C(=O)Nc1cccc(F)c1)CCCN4CCC3. The van der Waals surface area contributed by atoms with Crippen molar-refractivity contribution in [3.63, 3.8) is 0 Å². The lowest BCUT2D eigenvalue weighted by atomic mass is 9.90. The van der Waals surface area contributed by atoms with Gasteiger partial charge in [0.1, 0.15) is 17.0 Å². The summed E-state index contributed by atoms with van der Waals surface area (Å²) in [6, 6.07) is 9.51. The standard InChI is InChI=1S/C22H20FN3O2/c23-15-5-1-6-16(12-15)25-22(27)18-11-14-10-13-4-2-8-26-9-3-7-17(19(13)26)20(14)28-21(18)24/h1,5-6,10-12,24H,2-4,7-9H2,(H,25,27). The molecule has 1 amide bonds. The molecule has 28 heavy (non-hydrogen) atoms. The van der Waals surface area contributed by atoms with E-state index in [9.17, 15) is 9.18 Å². The molecule has 0 fully saturated rings. The van der Waals surface area contributed by atoms with Crippen LogP contribution in [0.5, 0.6) is 0 Å². The topological polar surface area (TPSA) is 69.3 Å². The number of hydrogen-bond acceptors (Lipinski definition) is 4. The fraction of sp³-hybridized carbons (Fsp3) is 0.273. The van der Waals surface area contributed by atoms with Gasteiger partial charge in [-0.2, -0.15) is 0 Å². The van der Waals surface area contributed by atoms with Crippen LogP contribution < -0.4 is 15.8 Å². The molecule has 0 atom stereocenters. The first-order chi connectivity index (χ1) is 13.6. The van der Waals surface area contributed by atoms with Crippen LogP contribution in [0.3, 0.4) is 0 Å². The molecule has 0 aliphatic carbocycles. The summed E-state index contributed by atoms with van der Waals surface area (Å²) in [5.41, 5.74) is 4.74. The second kappa shape index (κ2) is 6.48. The Bertz CT molecular complexity index is 1170. The summed E-state index contributed by atoms with van der Waals surface area (Å²) in [5.74, 6) is -0.906. The fourth-order valence-corrected chi connectivity index (χ4v) is 4.40. The fourth-order valence-electron chi connectivity index (χ4n) is 4.40. The molecule has 6 heteroatoms. The van der Waals surface area contributed by atoms with Crippen LogP contribution in [0.4, 0.5) is 15.8 Å². The molecule has 2 aromatic carbocycles. The van der Waals surface area contributed by atoms with Gasteiger partial charge in [-0.25, -0.2) is 4.39 Å². The maximum absolute atomic E-state index is 13.4. The molecule has 5 nitrogen and oxygen atoms in total. The lowest BCUT2D eigenvalue weighted by Gasteiger charge is -2.37. The van der Waals surface area contributed by atoms with E-state index >= 15 is 0 Å². The first-order valence-electron chi connectivity index (χ1n) is 9.59. The van der Waals surface area contributed by atoms with Crippen LogP contribution in [-0.2, 0) is 12.8 Å². The minimum atomic E-state index is -0.478. The Balaban J connectivity index is 1.60. The molecule has 5 rings (SSSR count). The number of benzene rings is 2. The average Bonchev–Trinajstić information content (AvgIpc) is 2.68. The smallest absolute Gasteiger partial charge is 0.261 e. The Kier molecular flexibility index (Phi) is 3.93. The van der Waals surface area contributed by atoms with Crippen molar-refractivity contribution >= 4 is 28.3 Å². The molecule has 0 spiro atoms. The molecule has 1 aromatic heterocycles. The Labute approximate surface area is 161 Å². The van der Waals surface area contributed by atoms with Gasteiger partial charge in [-0.05, 0) is 61.6 Å². The van der Waals surface area contributed by atoms with Crippen LogP contribution in [0.15, 0.2) is 40.8 Å². The summed E-state index contributed by atoms with van der Waals surface area (Å²) in [6.45, 7) is 2.13. The number of hydrogen-bond donors (Lipinski definition) is 2. The van der Waals surface area contributed by atoms with Crippen LogP contribution in [0.2, 0.25) is 0 Å². The molecule has 3 heterocycles. The van der Waals surface area contributed by atoms with E-state index < -0.39 is 11.7 Å². The summed E-state index contributed by atoms with van der Waals surface area (Å²) in [4.78, 5) is 15.1. The van der Waals surface area contributed by atoms with Crippen molar-refractivity contribution in [3.8, 4) is 0 Å². The Morgan fingerprint density at radius 3 is 2.79 bits per heavy atom. The van der Waals surface area contributed by atoms with E-state index in [1.54, 1.807) is 12.1 Å². The Morgan fingerprint density at radius 2 is 1.96 bits per heavy atom. The van der Waals surface area contributed by atoms with E-state index in [2.05, 4.69) is 16.3 Å². The highest BCUT2D eigenvalue weighted by Crippen LogP contribution is 2.39. The molecule has 2 aliphatic heterocycles. The van der Waals surface area contributed by atoms with Crippen molar-refractivity contribution in [1.82, 2.24) is 0 Å². The lowest BCUT2D eigenvalue weighted by Crippen LogP contribution is -2.34. The highest BCUT2D eigenvalue weighted by Gasteiger charge is 2.27. The third-order valence-electron chi connectivity index (χ3n) is 5.58. The summed E-state index contributed by atoms with van der Waals surface area (Å²) in [5, 5.41) is 11.7. The second-order valence-electron chi connectivity index (χ2n) is 7.43. The second-order valence-corrected chi connectivity index (χ2v) is 7.43. The van der Waals surface area contributed by atoms with Gasteiger partial charge in [0.25, 0.3) is 5.91 Å². The number of nitrogens with one attached hydrogen (secondary N) is 2. The van der Waals surface area contributed by atoms with Crippen LogP contribution >= 0.6 is 0 Å². The molecule has 0 saturated carbocycles. The van der Waals surface area contributed by atoms with E-state index in [1.807, 2.05) is 0 Å². The molecule has 0 bridgehead atoms. The van der Waals surface area contributed by atoms with Crippen LogP contribution in [0.25, 0.3) is 11.0 Å². The molecule has 3 aromatic rings. The highest BCUT2D eigenvalue weighted by atomic mass is 19.1. The number of carbonyl (C=O) groups is 1. The van der Waals surface area contributed by atoms with Gasteiger partial charge in [-0.3, -0.25) is 10.2 Å². The molecule has 2 aliphatic rings. The van der Waals surface area contributed by atoms with Crippen molar-refractivity contribution in [2.75, 3.05) is 23.3 Å². The van der Waals surface area contributed by atoms with Gasteiger partial charge < -0.3 is 14.6 Å². The van der Waals surface area contributed by atoms with Gasteiger partial charge in [0, 0.05) is 35.4 Å². The summed E-state index contributed by atoms with van der Waals surface area (Å²) in [6.07, 6.45) is 4.13. The summed E-state index contributed by atoms with van der Waals surface area (Å²) in [7, 11) is 0. The van der Waals surface area contributed by atoms with Gasteiger partial charge in [0.05, 0.1) is 0 Å². The van der Waals surface area contributed by atoms with Gasteiger partial charge in [0.15, 0.2) is 0 Å². The van der Waals surface area contributed by atoms with Gasteiger partial charge in [-0.15, -0.1) is 0 Å². The van der Waals surface area contributed by atoms with Crippen molar-refractivity contribution in [1.29, 1.82) is 5.41 Å². The number of nitrogens with zero attached hydrogens (tertiary/aromatic N) is 1. The van der Waals surface area contributed by atoms with E-state index in [-0.39, 0.29) is 11.1 Å². The minimum Gasteiger partial charge on any atom is -0.438 e. The van der Waals surface area contributed by atoms with Gasteiger partial charge in [0.2, 0.25) is 5.55 Å². The zero-order valence-corrected chi connectivity index (χ0v) is 15.3. The van der Waals surface area contributed by atoms with Crippen LogP contribution in [0.1, 0.15) is 34.3 Å². The van der Waals surface area contributed by atoms with Crippen LogP contribution in [0, 0.1) is 11.2 Å². The number of fused-ring (bicyclic) bond motifs is 2. The third-order valence-corrected chi connectivity index (χ3v) is 5.58. The zero-order valence-electron chi connectivity index (χ0n) is 15.3. The first-order valence-corrected chi connectivity index (χ1v) is 9.59. The number of anilines is 2. The van der Waals surface area contributed by atoms with Crippen molar-refractivity contribution in [2.24, 2.45) is 0 Å². The number of rotatable bonds is 2. The minimum absolute atomic E-state index is 0.146. The monoisotopic (exact) mass is 377 g/mol. The molecule has 2 N–H and O–H groups in total. The normalized spacial score (nSPS) is 15.4. The van der Waals surface area contributed by atoms with Crippen LogP contribution in [-0.4, -0.2) is 19.0 Å². The molecular weight excluding hydrogens is 357 g/mol. The average molecular weight is 377 g/mol. The number of carbonyl (C=O) groups excluding carboxylic acids is 1. The number of aryl methyl sites for hydroxylation is 2. The maximum atomic E-state index is 13.4. The molecule has 0 radical (unpaired) electrons. The number of amides is 1. The van der Waals surface area contributed by atoms with E-state index in [4.69, 9.17) is 9.83 Å². The number of halogens is 1. The predicted octanol–water partition coefficient (Wildman–Crippen LogP) is 4.00. The third kappa shape index (κ3) is 2.76. The van der Waals surface area contributed by atoms with E-state index in [0.29, 0.717) is 11.3 Å². The molecule has 142 valence electrons. The maximum Gasteiger partial charge on any atom is 0.261 e. The Morgan fingerprint density at radius 1 is 1.14 bits per heavy atom. The summed E-state index contributed by atoms with van der Waals surface area (Å²) >= 11 is 0.